The number of aliphatic imine (C=N–C) groups is 1. The lowest BCUT2D eigenvalue weighted by molar-refractivity contribution is 0.0367. The van der Waals surface area contributed by atoms with E-state index in [0.717, 1.165) is 30.8 Å². The Kier molecular flexibility index (Phi) is 8.82. The van der Waals surface area contributed by atoms with Gasteiger partial charge in [-0.2, -0.15) is 0 Å². The molecule has 0 atom stereocenters. The van der Waals surface area contributed by atoms with Crippen molar-refractivity contribution in [1.82, 2.24) is 15.8 Å². The van der Waals surface area contributed by atoms with Crippen molar-refractivity contribution >= 4 is 5.96 Å². The molecule has 24 heavy (non-hydrogen) atoms. The van der Waals surface area contributed by atoms with Gasteiger partial charge >= 0.3 is 0 Å². The van der Waals surface area contributed by atoms with Crippen LogP contribution in [0, 0.1) is 0 Å². The molecule has 1 aromatic rings. The lowest BCUT2D eigenvalue weighted by Crippen LogP contribution is -2.46. The third kappa shape index (κ3) is 6.15. The average molecular weight is 338 g/mol. The molecule has 0 fully saturated rings. The topological polar surface area (TPSA) is 82.7 Å². The predicted molar refractivity (Wildman–Crippen MR) is 98.2 cm³/mol. The molecule has 0 bridgehead atoms. The number of rotatable bonds is 10. The van der Waals surface area contributed by atoms with Gasteiger partial charge in [-0.05, 0) is 32.6 Å². The van der Waals surface area contributed by atoms with Crippen molar-refractivity contribution in [1.29, 1.82) is 0 Å². The Morgan fingerprint density at radius 2 is 1.88 bits per heavy atom. The Bertz CT molecular complexity index is 491. The van der Waals surface area contributed by atoms with Crippen LogP contribution in [0.3, 0.4) is 0 Å². The number of aromatic nitrogens is 1. The van der Waals surface area contributed by atoms with Gasteiger partial charge in [0, 0.05) is 25.1 Å². The standard InChI is InChI=1S/C18H34N4O2/c1-6-14(7-2)16-11-15(24-22-16)12-20-17(19-10-5)21-13-18(23,8-3)9-4/h11,14,23H,6-10,12-13H2,1-5H3,(H2,19,20,21). The van der Waals surface area contributed by atoms with Gasteiger partial charge in [0.05, 0.1) is 11.3 Å². The monoisotopic (exact) mass is 338 g/mol. The zero-order chi connectivity index (χ0) is 18.0. The van der Waals surface area contributed by atoms with Crippen molar-refractivity contribution in [3.63, 3.8) is 0 Å². The highest BCUT2D eigenvalue weighted by atomic mass is 16.5. The van der Waals surface area contributed by atoms with Crippen LogP contribution in [-0.4, -0.2) is 34.9 Å². The van der Waals surface area contributed by atoms with Gasteiger partial charge in [0.1, 0.15) is 6.54 Å². The van der Waals surface area contributed by atoms with Gasteiger partial charge in [0.2, 0.25) is 0 Å². The smallest absolute Gasteiger partial charge is 0.191 e. The summed E-state index contributed by atoms with van der Waals surface area (Å²) in [4.78, 5) is 4.53. The van der Waals surface area contributed by atoms with Crippen LogP contribution in [-0.2, 0) is 6.54 Å². The van der Waals surface area contributed by atoms with Crippen LogP contribution >= 0.6 is 0 Å². The molecule has 0 radical (unpaired) electrons. The molecular formula is C18H34N4O2. The third-order valence-electron chi connectivity index (χ3n) is 4.62. The van der Waals surface area contributed by atoms with Gasteiger partial charge in [-0.15, -0.1) is 0 Å². The van der Waals surface area contributed by atoms with Crippen molar-refractivity contribution in [3.05, 3.63) is 17.5 Å². The molecule has 0 aliphatic rings. The quantitative estimate of drug-likeness (QED) is 0.451. The molecule has 6 heteroatoms. The Balaban J connectivity index is 2.69. The SMILES string of the molecule is CCNC(=NCc1cc(C(CC)CC)no1)NCC(O)(CC)CC. The van der Waals surface area contributed by atoms with Crippen LogP contribution in [0.5, 0.6) is 0 Å². The second-order valence-electron chi connectivity index (χ2n) is 6.21. The van der Waals surface area contributed by atoms with Gasteiger partial charge in [0.15, 0.2) is 11.7 Å². The van der Waals surface area contributed by atoms with Gasteiger partial charge in [-0.3, -0.25) is 0 Å². The van der Waals surface area contributed by atoms with E-state index in [2.05, 4.69) is 34.6 Å². The Hall–Kier alpha value is -1.56. The van der Waals surface area contributed by atoms with E-state index in [-0.39, 0.29) is 0 Å². The lowest BCUT2D eigenvalue weighted by atomic mass is 9.98. The second-order valence-corrected chi connectivity index (χ2v) is 6.21. The van der Waals surface area contributed by atoms with Crippen LogP contribution < -0.4 is 10.6 Å². The highest BCUT2D eigenvalue weighted by Gasteiger charge is 2.22. The zero-order valence-corrected chi connectivity index (χ0v) is 15.9. The fourth-order valence-electron chi connectivity index (χ4n) is 2.55. The molecule has 0 saturated carbocycles. The zero-order valence-electron chi connectivity index (χ0n) is 15.9. The normalized spacial score (nSPS) is 12.7. The first-order valence-corrected chi connectivity index (χ1v) is 9.21. The molecular weight excluding hydrogens is 304 g/mol. The molecule has 6 nitrogen and oxygen atoms in total. The number of hydrogen-bond acceptors (Lipinski definition) is 4. The van der Waals surface area contributed by atoms with Crippen LogP contribution in [0.25, 0.3) is 0 Å². The van der Waals surface area contributed by atoms with E-state index in [1.165, 1.54) is 0 Å². The molecule has 0 unspecified atom stereocenters. The summed E-state index contributed by atoms with van der Waals surface area (Å²) < 4.78 is 5.40. The molecule has 0 amide bonds. The van der Waals surface area contributed by atoms with Gasteiger partial charge in [-0.25, -0.2) is 4.99 Å². The van der Waals surface area contributed by atoms with Gasteiger partial charge in [-0.1, -0.05) is 32.9 Å². The first kappa shape index (κ1) is 20.5. The molecule has 1 rings (SSSR count). The molecule has 3 N–H and O–H groups in total. The van der Waals surface area contributed by atoms with Gasteiger partial charge in [0.25, 0.3) is 0 Å². The third-order valence-corrected chi connectivity index (χ3v) is 4.62. The number of nitrogens with one attached hydrogen (secondary N) is 2. The van der Waals surface area contributed by atoms with E-state index >= 15 is 0 Å². The van der Waals surface area contributed by atoms with Crippen LogP contribution in [0.4, 0.5) is 0 Å². The summed E-state index contributed by atoms with van der Waals surface area (Å²) in [5.41, 5.74) is 0.305. The fraction of sp³-hybridized carbons (Fsp3) is 0.778. The summed E-state index contributed by atoms with van der Waals surface area (Å²) in [6, 6.07) is 2.00. The second kappa shape index (κ2) is 10.3. The molecule has 0 aromatic carbocycles. The van der Waals surface area contributed by atoms with E-state index in [9.17, 15) is 5.11 Å². The number of aliphatic hydroxyl groups is 1. The predicted octanol–water partition coefficient (Wildman–Crippen LogP) is 3.18. The molecule has 0 aliphatic carbocycles. The maximum Gasteiger partial charge on any atom is 0.191 e. The first-order valence-electron chi connectivity index (χ1n) is 9.21. The highest BCUT2D eigenvalue weighted by molar-refractivity contribution is 5.79. The summed E-state index contributed by atoms with van der Waals surface area (Å²) in [6.07, 6.45) is 3.53. The number of nitrogens with zero attached hydrogens (tertiary/aromatic N) is 2. The first-order chi connectivity index (χ1) is 11.5. The van der Waals surface area contributed by atoms with Crippen molar-refractivity contribution in [3.8, 4) is 0 Å². The summed E-state index contributed by atoms with van der Waals surface area (Å²) >= 11 is 0. The minimum absolute atomic E-state index is 0.430. The summed E-state index contributed by atoms with van der Waals surface area (Å²) in [7, 11) is 0. The molecule has 0 saturated heterocycles. The molecule has 1 aromatic heterocycles. The fourth-order valence-corrected chi connectivity index (χ4v) is 2.55. The van der Waals surface area contributed by atoms with E-state index in [1.807, 2.05) is 26.8 Å². The molecule has 0 aliphatic heterocycles. The lowest BCUT2D eigenvalue weighted by Gasteiger charge is -2.26. The maximum absolute atomic E-state index is 10.4. The Morgan fingerprint density at radius 1 is 1.21 bits per heavy atom. The number of hydrogen-bond donors (Lipinski definition) is 3. The molecule has 0 spiro atoms. The maximum atomic E-state index is 10.4. The average Bonchev–Trinajstić information content (AvgIpc) is 3.07. The van der Waals surface area contributed by atoms with Crippen molar-refractivity contribution in [2.24, 2.45) is 4.99 Å². The molecule has 138 valence electrons. The van der Waals surface area contributed by atoms with Crippen LogP contribution in [0.2, 0.25) is 0 Å². The minimum Gasteiger partial charge on any atom is -0.388 e. The minimum atomic E-state index is -0.703. The van der Waals surface area contributed by atoms with Crippen molar-refractivity contribution < 1.29 is 9.63 Å². The van der Waals surface area contributed by atoms with Gasteiger partial charge < -0.3 is 20.3 Å². The van der Waals surface area contributed by atoms with E-state index in [1.54, 1.807) is 0 Å². The summed E-state index contributed by atoms with van der Waals surface area (Å²) in [5.74, 6) is 1.88. The Morgan fingerprint density at radius 3 is 2.42 bits per heavy atom. The van der Waals surface area contributed by atoms with Crippen molar-refractivity contribution in [2.45, 2.75) is 78.4 Å². The molecule has 1 heterocycles. The Labute approximate surface area is 146 Å². The van der Waals surface area contributed by atoms with E-state index in [0.29, 0.717) is 37.8 Å². The highest BCUT2D eigenvalue weighted by Crippen LogP contribution is 2.22. The van der Waals surface area contributed by atoms with E-state index in [4.69, 9.17) is 4.52 Å². The van der Waals surface area contributed by atoms with Crippen LogP contribution in [0.15, 0.2) is 15.6 Å². The van der Waals surface area contributed by atoms with E-state index < -0.39 is 5.60 Å². The largest absolute Gasteiger partial charge is 0.388 e. The number of guanidine groups is 1. The van der Waals surface area contributed by atoms with Crippen LogP contribution in [0.1, 0.15) is 77.7 Å². The van der Waals surface area contributed by atoms with Crippen molar-refractivity contribution in [2.75, 3.05) is 13.1 Å². The summed E-state index contributed by atoms with van der Waals surface area (Å²) in [5, 5.41) is 20.9. The summed E-state index contributed by atoms with van der Waals surface area (Å²) in [6.45, 7) is 12.0.